The summed E-state index contributed by atoms with van der Waals surface area (Å²) in [7, 11) is 0. The van der Waals surface area contributed by atoms with Crippen LogP contribution in [0.15, 0.2) is 48.8 Å². The maximum Gasteiger partial charge on any atom is 0.167 e. The minimum atomic E-state index is -0.701. The molecule has 3 aromatic rings. The molecular formula is C20H17F3N2O. The molecular weight excluding hydrogens is 341 g/mol. The normalized spacial score (nSPS) is 19.3. The van der Waals surface area contributed by atoms with E-state index in [0.717, 1.165) is 16.8 Å². The van der Waals surface area contributed by atoms with Gasteiger partial charge < -0.3 is 10.1 Å². The molecule has 0 amide bonds. The standard InChI is InChI=1S/C20H17F3N2O/c21-13-2-4-20(19(23)7-13)26-15-8-14(9-15)25-11-17-16-5-6-24-10-12(16)1-3-18(17)22/h1-7,10,14-15,25H,8-9,11H2/t14-,15-. The van der Waals surface area contributed by atoms with E-state index >= 15 is 0 Å². The Hall–Kier alpha value is -2.60. The number of hydrogen-bond acceptors (Lipinski definition) is 3. The highest BCUT2D eigenvalue weighted by atomic mass is 19.1. The Labute approximate surface area is 148 Å². The molecule has 6 heteroatoms. The van der Waals surface area contributed by atoms with Crippen LogP contribution in [-0.2, 0) is 6.54 Å². The Balaban J connectivity index is 1.35. The second-order valence-electron chi connectivity index (χ2n) is 6.49. The lowest BCUT2D eigenvalue weighted by Gasteiger charge is -2.36. The van der Waals surface area contributed by atoms with Gasteiger partial charge in [-0.1, -0.05) is 0 Å². The van der Waals surface area contributed by atoms with Gasteiger partial charge in [-0.15, -0.1) is 0 Å². The van der Waals surface area contributed by atoms with Crippen molar-refractivity contribution in [2.24, 2.45) is 0 Å². The molecule has 1 aliphatic rings. The molecule has 1 fully saturated rings. The molecule has 4 rings (SSSR count). The summed E-state index contributed by atoms with van der Waals surface area (Å²) in [4.78, 5) is 4.06. The number of nitrogens with zero attached hydrogens (tertiary/aromatic N) is 1. The van der Waals surface area contributed by atoms with Crippen LogP contribution in [0.1, 0.15) is 18.4 Å². The minimum absolute atomic E-state index is 0.0578. The summed E-state index contributed by atoms with van der Waals surface area (Å²) in [6.45, 7) is 0.398. The fourth-order valence-corrected chi connectivity index (χ4v) is 3.21. The van der Waals surface area contributed by atoms with Crippen molar-refractivity contribution >= 4 is 10.8 Å². The molecule has 1 N–H and O–H groups in total. The van der Waals surface area contributed by atoms with Gasteiger partial charge in [-0.25, -0.2) is 13.2 Å². The smallest absolute Gasteiger partial charge is 0.167 e. The average molecular weight is 358 g/mol. The number of benzene rings is 2. The highest BCUT2D eigenvalue weighted by Crippen LogP contribution is 2.29. The Bertz CT molecular complexity index is 941. The van der Waals surface area contributed by atoms with E-state index in [1.807, 2.05) is 0 Å². The van der Waals surface area contributed by atoms with Crippen molar-refractivity contribution in [3.05, 3.63) is 71.8 Å². The van der Waals surface area contributed by atoms with Gasteiger partial charge in [0.25, 0.3) is 0 Å². The fraction of sp³-hybridized carbons (Fsp3) is 0.250. The molecule has 1 heterocycles. The highest BCUT2D eigenvalue weighted by Gasteiger charge is 2.31. The van der Waals surface area contributed by atoms with Crippen LogP contribution in [0.25, 0.3) is 10.8 Å². The third-order valence-electron chi connectivity index (χ3n) is 4.72. The van der Waals surface area contributed by atoms with Crippen molar-refractivity contribution in [1.29, 1.82) is 0 Å². The predicted molar refractivity (Wildman–Crippen MR) is 92.3 cm³/mol. The van der Waals surface area contributed by atoms with Crippen LogP contribution >= 0.6 is 0 Å². The zero-order valence-corrected chi connectivity index (χ0v) is 13.9. The molecule has 1 aromatic heterocycles. The second kappa shape index (κ2) is 6.96. The third-order valence-corrected chi connectivity index (χ3v) is 4.72. The van der Waals surface area contributed by atoms with Crippen LogP contribution in [0.4, 0.5) is 13.2 Å². The second-order valence-corrected chi connectivity index (χ2v) is 6.49. The van der Waals surface area contributed by atoms with Gasteiger partial charge in [0, 0.05) is 42.0 Å². The number of fused-ring (bicyclic) bond motifs is 1. The number of nitrogens with one attached hydrogen (secondary N) is 1. The third kappa shape index (κ3) is 3.37. The van der Waals surface area contributed by atoms with Gasteiger partial charge >= 0.3 is 0 Å². The van der Waals surface area contributed by atoms with E-state index in [4.69, 9.17) is 4.74 Å². The van der Waals surface area contributed by atoms with E-state index in [2.05, 4.69) is 10.3 Å². The lowest BCUT2D eigenvalue weighted by Crippen LogP contribution is -2.46. The minimum Gasteiger partial charge on any atom is -0.487 e. The molecule has 134 valence electrons. The van der Waals surface area contributed by atoms with Gasteiger partial charge in [-0.05, 0) is 48.6 Å². The van der Waals surface area contributed by atoms with Crippen molar-refractivity contribution < 1.29 is 17.9 Å². The van der Waals surface area contributed by atoms with Crippen LogP contribution in [0.5, 0.6) is 5.75 Å². The maximum absolute atomic E-state index is 14.2. The van der Waals surface area contributed by atoms with E-state index in [1.165, 1.54) is 18.2 Å². The van der Waals surface area contributed by atoms with Crippen molar-refractivity contribution in [2.45, 2.75) is 31.5 Å². The molecule has 2 aromatic carbocycles. The van der Waals surface area contributed by atoms with Gasteiger partial charge in [-0.2, -0.15) is 0 Å². The summed E-state index contributed by atoms with van der Waals surface area (Å²) in [6, 6.07) is 8.41. The molecule has 0 aliphatic heterocycles. The summed E-state index contributed by atoms with van der Waals surface area (Å²) in [5, 5.41) is 5.05. The van der Waals surface area contributed by atoms with Gasteiger partial charge in [0.15, 0.2) is 11.6 Å². The number of hydrogen-bond donors (Lipinski definition) is 1. The molecule has 1 saturated carbocycles. The number of pyridine rings is 1. The van der Waals surface area contributed by atoms with Crippen molar-refractivity contribution in [3.63, 3.8) is 0 Å². The summed E-state index contributed by atoms with van der Waals surface area (Å²) in [5.74, 6) is -1.53. The topological polar surface area (TPSA) is 34.1 Å². The largest absolute Gasteiger partial charge is 0.487 e. The Morgan fingerprint density at radius 3 is 2.69 bits per heavy atom. The van der Waals surface area contributed by atoms with Crippen molar-refractivity contribution in [2.75, 3.05) is 0 Å². The highest BCUT2D eigenvalue weighted by molar-refractivity contribution is 5.84. The Morgan fingerprint density at radius 2 is 1.88 bits per heavy atom. The van der Waals surface area contributed by atoms with E-state index in [0.29, 0.717) is 24.9 Å². The van der Waals surface area contributed by atoms with Crippen LogP contribution in [0, 0.1) is 17.5 Å². The average Bonchev–Trinajstić information content (AvgIpc) is 2.60. The van der Waals surface area contributed by atoms with Gasteiger partial charge in [0.1, 0.15) is 17.7 Å². The van der Waals surface area contributed by atoms with Crippen LogP contribution in [-0.4, -0.2) is 17.1 Å². The summed E-state index contributed by atoms with van der Waals surface area (Å²) in [5.41, 5.74) is 0.610. The molecule has 1 aliphatic carbocycles. The van der Waals surface area contributed by atoms with Crippen LogP contribution in [0.3, 0.4) is 0 Å². The van der Waals surface area contributed by atoms with Gasteiger partial charge in [-0.3, -0.25) is 4.98 Å². The van der Waals surface area contributed by atoms with Crippen LogP contribution in [0.2, 0.25) is 0 Å². The summed E-state index contributed by atoms with van der Waals surface area (Å²) >= 11 is 0. The van der Waals surface area contributed by atoms with Crippen LogP contribution < -0.4 is 10.1 Å². The summed E-state index contributed by atoms with van der Waals surface area (Å²) < 4.78 is 46.2. The SMILES string of the molecule is Fc1ccc(O[C@H]2C[C@H](NCc3c(F)ccc4cnccc34)C2)c(F)c1. The van der Waals surface area contributed by atoms with E-state index < -0.39 is 11.6 Å². The molecule has 0 spiro atoms. The lowest BCUT2D eigenvalue weighted by molar-refractivity contribution is 0.0801. The molecule has 0 bridgehead atoms. The fourth-order valence-electron chi connectivity index (χ4n) is 3.21. The first kappa shape index (κ1) is 16.8. The van der Waals surface area contributed by atoms with Crippen molar-refractivity contribution in [3.8, 4) is 5.75 Å². The Morgan fingerprint density at radius 1 is 1.04 bits per heavy atom. The van der Waals surface area contributed by atoms with Crippen molar-refractivity contribution in [1.82, 2.24) is 10.3 Å². The Kier molecular flexibility index (Phi) is 4.51. The number of halogens is 3. The molecule has 0 saturated heterocycles. The number of rotatable bonds is 5. The molecule has 0 atom stereocenters. The van der Waals surface area contributed by atoms with Gasteiger partial charge in [0.2, 0.25) is 0 Å². The van der Waals surface area contributed by atoms with Gasteiger partial charge in [0.05, 0.1) is 0 Å². The number of aromatic nitrogens is 1. The first-order valence-corrected chi connectivity index (χ1v) is 8.46. The van der Waals surface area contributed by atoms with E-state index in [9.17, 15) is 13.2 Å². The monoisotopic (exact) mass is 358 g/mol. The zero-order valence-electron chi connectivity index (χ0n) is 13.9. The molecule has 0 unspecified atom stereocenters. The first-order chi connectivity index (χ1) is 12.6. The molecule has 26 heavy (non-hydrogen) atoms. The first-order valence-electron chi connectivity index (χ1n) is 8.46. The number of ether oxygens (including phenoxy) is 1. The quantitative estimate of drug-likeness (QED) is 0.736. The predicted octanol–water partition coefficient (Wildman–Crippen LogP) is 4.35. The zero-order chi connectivity index (χ0) is 18.1. The van der Waals surface area contributed by atoms with E-state index in [1.54, 1.807) is 24.5 Å². The lowest BCUT2D eigenvalue weighted by atomic mass is 9.89. The van der Waals surface area contributed by atoms with E-state index in [-0.39, 0.29) is 23.7 Å². The maximum atomic E-state index is 14.2. The molecule has 3 nitrogen and oxygen atoms in total. The molecule has 0 radical (unpaired) electrons. The summed E-state index contributed by atoms with van der Waals surface area (Å²) in [6.07, 6.45) is 4.60.